The highest BCUT2D eigenvalue weighted by Gasteiger charge is 2.26. The summed E-state index contributed by atoms with van der Waals surface area (Å²) in [6.07, 6.45) is 4.06. The molecule has 0 fully saturated rings. The first kappa shape index (κ1) is 25.3. The number of nitrogens with zero attached hydrogens (tertiary/aromatic N) is 6. The number of hydrogen-bond donors (Lipinski definition) is 0. The van der Waals surface area contributed by atoms with Gasteiger partial charge in [-0.25, -0.2) is 19.5 Å². The highest BCUT2D eigenvalue weighted by Crippen LogP contribution is 2.31. The second kappa shape index (κ2) is 9.36. The highest BCUT2D eigenvalue weighted by atomic mass is 15.3. The van der Waals surface area contributed by atoms with Crippen LogP contribution in [0.15, 0.2) is 24.4 Å². The molecule has 0 radical (unpaired) electrons. The molecule has 0 aliphatic carbocycles. The van der Waals surface area contributed by atoms with E-state index in [2.05, 4.69) is 98.0 Å². The van der Waals surface area contributed by atoms with Gasteiger partial charge in [0.1, 0.15) is 11.5 Å². The van der Waals surface area contributed by atoms with Gasteiger partial charge in [-0.3, -0.25) is 4.40 Å². The van der Waals surface area contributed by atoms with Gasteiger partial charge >= 0.3 is 0 Å². The van der Waals surface area contributed by atoms with Gasteiger partial charge in [0.15, 0.2) is 5.65 Å². The Hall–Kier alpha value is -2.76. The van der Waals surface area contributed by atoms with Crippen LogP contribution in [-0.2, 0) is 11.8 Å². The van der Waals surface area contributed by atoms with Gasteiger partial charge in [-0.15, -0.1) is 0 Å². The Morgan fingerprint density at radius 2 is 1.40 bits per heavy atom. The van der Waals surface area contributed by atoms with Gasteiger partial charge in [-0.1, -0.05) is 69.2 Å². The van der Waals surface area contributed by atoms with Crippen molar-refractivity contribution in [1.82, 2.24) is 29.0 Å². The molecule has 0 unspecified atom stereocenters. The molecular weight excluding hydrogens is 432 g/mol. The summed E-state index contributed by atoms with van der Waals surface area (Å²) in [5.41, 5.74) is 7.52. The van der Waals surface area contributed by atoms with E-state index < -0.39 is 0 Å². The molecule has 0 atom stereocenters. The molecule has 0 aliphatic rings. The Balaban J connectivity index is 1.66. The minimum absolute atomic E-state index is 0.0899. The lowest BCUT2D eigenvalue weighted by Gasteiger charge is -2.22. The van der Waals surface area contributed by atoms with E-state index in [1.165, 1.54) is 5.69 Å². The maximum atomic E-state index is 5.09. The van der Waals surface area contributed by atoms with Crippen LogP contribution in [0.4, 0.5) is 0 Å². The Morgan fingerprint density at radius 1 is 0.743 bits per heavy atom. The zero-order valence-corrected chi connectivity index (χ0v) is 23.2. The number of imidazole rings is 1. The first-order valence-corrected chi connectivity index (χ1v) is 13.2. The molecule has 0 saturated heterocycles. The minimum atomic E-state index is -0.0899. The van der Waals surface area contributed by atoms with Crippen molar-refractivity contribution < 1.29 is 0 Å². The lowest BCUT2D eigenvalue weighted by molar-refractivity contribution is 0.465. The molecule has 4 heterocycles. The van der Waals surface area contributed by atoms with Gasteiger partial charge in [0, 0.05) is 46.7 Å². The Labute approximate surface area is 210 Å². The fourth-order valence-electron chi connectivity index (χ4n) is 4.52. The molecule has 0 N–H and O–H groups in total. The number of rotatable bonds is 8. The van der Waals surface area contributed by atoms with Crippen molar-refractivity contribution in [2.45, 2.75) is 111 Å². The van der Waals surface area contributed by atoms with Gasteiger partial charge in [-0.05, 0) is 36.7 Å². The van der Waals surface area contributed by atoms with Crippen LogP contribution in [0.2, 0.25) is 0 Å². The van der Waals surface area contributed by atoms with Crippen LogP contribution in [0.1, 0.15) is 134 Å². The molecule has 4 aromatic rings. The van der Waals surface area contributed by atoms with Crippen LogP contribution in [0.5, 0.6) is 0 Å². The third kappa shape index (κ3) is 4.98. The standard InChI is InChI=1S/C29H42N6/c1-17(2)22-14-26-32-25(16-34(26)28(31-22)20(7)8)29(9,10)12-11-21-13-24(19(5)6)35-27(30-21)15-23(33-35)18(3)4/h13-20H,11-12H2,1-10H3. The van der Waals surface area contributed by atoms with Crippen molar-refractivity contribution in [3.63, 3.8) is 0 Å². The molecule has 35 heavy (non-hydrogen) atoms. The maximum Gasteiger partial charge on any atom is 0.155 e. The summed E-state index contributed by atoms with van der Waals surface area (Å²) >= 11 is 0. The molecular formula is C29H42N6. The second-order valence-electron chi connectivity index (χ2n) is 11.9. The summed E-state index contributed by atoms with van der Waals surface area (Å²) in [6, 6.07) is 6.52. The minimum Gasteiger partial charge on any atom is -0.287 e. The molecule has 0 amide bonds. The molecule has 4 rings (SSSR count). The van der Waals surface area contributed by atoms with E-state index in [1.807, 2.05) is 4.52 Å². The van der Waals surface area contributed by atoms with Crippen LogP contribution >= 0.6 is 0 Å². The van der Waals surface area contributed by atoms with E-state index in [9.17, 15) is 0 Å². The second-order valence-corrected chi connectivity index (χ2v) is 11.9. The Bertz CT molecular complexity index is 1340. The van der Waals surface area contributed by atoms with Gasteiger partial charge in [-0.2, -0.15) is 5.10 Å². The summed E-state index contributed by atoms with van der Waals surface area (Å²) in [7, 11) is 0. The maximum absolute atomic E-state index is 5.09. The van der Waals surface area contributed by atoms with E-state index in [-0.39, 0.29) is 5.41 Å². The lowest BCUT2D eigenvalue weighted by atomic mass is 9.84. The van der Waals surface area contributed by atoms with Crippen LogP contribution in [0.3, 0.4) is 0 Å². The monoisotopic (exact) mass is 474 g/mol. The van der Waals surface area contributed by atoms with Crippen molar-refractivity contribution in [1.29, 1.82) is 0 Å². The summed E-state index contributed by atoms with van der Waals surface area (Å²) < 4.78 is 4.22. The quantitative estimate of drug-likeness (QED) is 0.271. The van der Waals surface area contributed by atoms with E-state index in [4.69, 9.17) is 20.1 Å². The number of aryl methyl sites for hydroxylation is 1. The third-order valence-electron chi connectivity index (χ3n) is 7.02. The van der Waals surface area contributed by atoms with Crippen LogP contribution in [-0.4, -0.2) is 29.0 Å². The molecule has 0 spiro atoms. The largest absolute Gasteiger partial charge is 0.287 e. The first-order chi connectivity index (χ1) is 16.4. The van der Waals surface area contributed by atoms with Crippen molar-refractivity contribution in [3.8, 4) is 0 Å². The Kier molecular flexibility index (Phi) is 6.78. The molecule has 6 heteroatoms. The summed E-state index contributed by atoms with van der Waals surface area (Å²) in [5.74, 6) is 2.55. The molecule has 188 valence electrons. The normalized spacial score (nSPS) is 13.0. The first-order valence-electron chi connectivity index (χ1n) is 13.2. The van der Waals surface area contributed by atoms with Crippen molar-refractivity contribution in [2.75, 3.05) is 0 Å². The van der Waals surface area contributed by atoms with Gasteiger partial charge in [0.05, 0.1) is 11.4 Å². The zero-order chi connectivity index (χ0) is 25.7. The number of hydrogen-bond acceptors (Lipinski definition) is 4. The predicted molar refractivity (Wildman–Crippen MR) is 144 cm³/mol. The van der Waals surface area contributed by atoms with E-state index in [1.54, 1.807) is 0 Å². The summed E-state index contributed by atoms with van der Waals surface area (Å²) in [5, 5.41) is 4.83. The van der Waals surface area contributed by atoms with Crippen LogP contribution in [0.25, 0.3) is 11.3 Å². The van der Waals surface area contributed by atoms with E-state index in [0.29, 0.717) is 23.7 Å². The molecule has 6 nitrogen and oxygen atoms in total. The number of fused-ring (bicyclic) bond motifs is 2. The molecule has 0 aromatic carbocycles. The smallest absolute Gasteiger partial charge is 0.155 e. The fourth-order valence-corrected chi connectivity index (χ4v) is 4.52. The fraction of sp³-hybridized carbons (Fsp3) is 0.586. The molecule has 0 aliphatic heterocycles. The van der Waals surface area contributed by atoms with Gasteiger partial charge < -0.3 is 0 Å². The van der Waals surface area contributed by atoms with Gasteiger partial charge in [0.2, 0.25) is 0 Å². The SMILES string of the molecule is CC(C)c1cc2nc(C(C)(C)CCc3cc(C(C)C)n4nc(C(C)C)cc4n3)cn2c(C(C)C)n1. The van der Waals surface area contributed by atoms with Crippen LogP contribution < -0.4 is 0 Å². The van der Waals surface area contributed by atoms with Crippen LogP contribution in [0, 0.1) is 0 Å². The highest BCUT2D eigenvalue weighted by molar-refractivity contribution is 5.45. The summed E-state index contributed by atoms with van der Waals surface area (Å²) in [4.78, 5) is 15.0. The van der Waals surface area contributed by atoms with E-state index in [0.717, 1.165) is 52.7 Å². The lowest BCUT2D eigenvalue weighted by Crippen LogP contribution is -2.19. The van der Waals surface area contributed by atoms with Gasteiger partial charge in [0.25, 0.3) is 0 Å². The van der Waals surface area contributed by atoms with Crippen molar-refractivity contribution in [2.24, 2.45) is 0 Å². The average Bonchev–Trinajstić information content (AvgIpc) is 3.41. The average molecular weight is 475 g/mol. The van der Waals surface area contributed by atoms with Crippen molar-refractivity contribution in [3.05, 3.63) is 58.7 Å². The third-order valence-corrected chi connectivity index (χ3v) is 7.02. The number of aromatic nitrogens is 6. The van der Waals surface area contributed by atoms with Crippen molar-refractivity contribution >= 4 is 11.3 Å². The van der Waals surface area contributed by atoms with E-state index >= 15 is 0 Å². The predicted octanol–water partition coefficient (Wildman–Crippen LogP) is 7.18. The summed E-state index contributed by atoms with van der Waals surface area (Å²) in [6.45, 7) is 22.2. The topological polar surface area (TPSA) is 60.4 Å². The Morgan fingerprint density at radius 3 is 2.00 bits per heavy atom. The molecule has 0 saturated carbocycles. The molecule has 4 aromatic heterocycles. The molecule has 0 bridgehead atoms. The zero-order valence-electron chi connectivity index (χ0n) is 23.2.